The number of fused-ring (bicyclic) bond motifs is 1. The van der Waals surface area contributed by atoms with E-state index in [1.54, 1.807) is 0 Å². The summed E-state index contributed by atoms with van der Waals surface area (Å²) in [7, 11) is 0. The van der Waals surface area contributed by atoms with Crippen LogP contribution in [-0.4, -0.2) is 39.3 Å². The standard InChI is InChI=1S/C17H22BrN5/c18-15-3-1-2-13(10-15)12-22-7-4-14(5-8-22)17-21-20-16-11-19-6-9-23(16)17/h1-3,10,14,19H,4-9,11-12H2. The lowest BCUT2D eigenvalue weighted by Gasteiger charge is -2.32. The second-order valence-corrected chi connectivity index (χ2v) is 7.40. The number of hydrogen-bond donors (Lipinski definition) is 1. The number of hydrogen-bond acceptors (Lipinski definition) is 4. The lowest BCUT2D eigenvalue weighted by molar-refractivity contribution is 0.199. The molecule has 0 unspecified atom stereocenters. The SMILES string of the molecule is Brc1cccc(CN2CCC(c3nnc4n3CCNC4)CC2)c1. The largest absolute Gasteiger partial charge is 0.312 e. The van der Waals surface area contributed by atoms with E-state index in [9.17, 15) is 0 Å². The van der Waals surface area contributed by atoms with Crippen LogP contribution in [0.2, 0.25) is 0 Å². The average molecular weight is 376 g/mol. The van der Waals surface area contributed by atoms with Crippen molar-refractivity contribution in [2.75, 3.05) is 19.6 Å². The van der Waals surface area contributed by atoms with Crippen molar-refractivity contribution in [3.63, 3.8) is 0 Å². The second kappa shape index (κ2) is 6.71. The van der Waals surface area contributed by atoms with Crippen molar-refractivity contribution in [3.05, 3.63) is 46.0 Å². The lowest BCUT2D eigenvalue weighted by Crippen LogP contribution is -2.34. The fourth-order valence-corrected chi connectivity index (χ4v) is 4.11. The molecule has 2 aliphatic rings. The van der Waals surface area contributed by atoms with Crippen molar-refractivity contribution >= 4 is 15.9 Å². The van der Waals surface area contributed by atoms with E-state index in [2.05, 4.69) is 65.2 Å². The fraction of sp³-hybridized carbons (Fsp3) is 0.529. The Labute approximate surface area is 145 Å². The second-order valence-electron chi connectivity index (χ2n) is 6.48. The molecule has 1 fully saturated rings. The summed E-state index contributed by atoms with van der Waals surface area (Å²) < 4.78 is 3.50. The first-order valence-corrected chi connectivity index (χ1v) is 9.18. The molecule has 0 atom stereocenters. The van der Waals surface area contributed by atoms with E-state index < -0.39 is 0 Å². The highest BCUT2D eigenvalue weighted by atomic mass is 79.9. The number of halogens is 1. The van der Waals surface area contributed by atoms with Crippen molar-refractivity contribution in [2.24, 2.45) is 0 Å². The predicted molar refractivity (Wildman–Crippen MR) is 93.1 cm³/mol. The van der Waals surface area contributed by atoms with Crippen LogP contribution in [0.1, 0.15) is 36.0 Å². The summed E-state index contributed by atoms with van der Waals surface area (Å²) in [5, 5.41) is 12.2. The van der Waals surface area contributed by atoms with Crippen LogP contribution in [0.15, 0.2) is 28.7 Å². The maximum absolute atomic E-state index is 4.49. The molecular formula is C17H22BrN5. The number of nitrogens with one attached hydrogen (secondary N) is 1. The Kier molecular flexibility index (Phi) is 4.46. The lowest BCUT2D eigenvalue weighted by atomic mass is 9.95. The molecule has 23 heavy (non-hydrogen) atoms. The first-order valence-electron chi connectivity index (χ1n) is 8.39. The Bertz CT molecular complexity index is 675. The van der Waals surface area contributed by atoms with Crippen molar-refractivity contribution in [1.29, 1.82) is 0 Å². The van der Waals surface area contributed by atoms with Crippen molar-refractivity contribution in [2.45, 2.75) is 38.4 Å². The highest BCUT2D eigenvalue weighted by molar-refractivity contribution is 9.10. The molecule has 0 amide bonds. The number of benzene rings is 1. The normalized spacial score (nSPS) is 19.7. The summed E-state index contributed by atoms with van der Waals surface area (Å²) in [6, 6.07) is 8.62. The Morgan fingerprint density at radius 2 is 2.04 bits per heavy atom. The third-order valence-electron chi connectivity index (χ3n) is 4.90. The molecule has 5 nitrogen and oxygen atoms in total. The summed E-state index contributed by atoms with van der Waals surface area (Å²) in [4.78, 5) is 2.55. The van der Waals surface area contributed by atoms with E-state index in [-0.39, 0.29) is 0 Å². The highest BCUT2D eigenvalue weighted by Gasteiger charge is 2.26. The van der Waals surface area contributed by atoms with Gasteiger partial charge >= 0.3 is 0 Å². The third kappa shape index (κ3) is 3.34. The molecule has 0 radical (unpaired) electrons. The molecule has 4 rings (SSSR count). The van der Waals surface area contributed by atoms with Crippen LogP contribution in [0, 0.1) is 0 Å². The molecule has 2 aliphatic heterocycles. The molecule has 1 N–H and O–H groups in total. The van der Waals surface area contributed by atoms with Crippen LogP contribution in [0.25, 0.3) is 0 Å². The molecule has 0 saturated carbocycles. The maximum Gasteiger partial charge on any atom is 0.147 e. The smallest absolute Gasteiger partial charge is 0.147 e. The van der Waals surface area contributed by atoms with Gasteiger partial charge in [0.2, 0.25) is 0 Å². The van der Waals surface area contributed by atoms with Crippen LogP contribution in [0.5, 0.6) is 0 Å². The number of likely N-dealkylation sites (tertiary alicyclic amines) is 1. The Hall–Kier alpha value is -1.24. The Morgan fingerprint density at radius 1 is 1.17 bits per heavy atom. The van der Waals surface area contributed by atoms with Gasteiger partial charge in [0, 0.05) is 30.0 Å². The van der Waals surface area contributed by atoms with Gasteiger partial charge in [-0.25, -0.2) is 0 Å². The Balaban J connectivity index is 1.38. The topological polar surface area (TPSA) is 46.0 Å². The van der Waals surface area contributed by atoms with Crippen LogP contribution < -0.4 is 5.32 Å². The number of nitrogens with zero attached hydrogens (tertiary/aromatic N) is 4. The molecule has 1 saturated heterocycles. The number of rotatable bonds is 3. The summed E-state index contributed by atoms with van der Waals surface area (Å²) in [5.74, 6) is 2.87. The highest BCUT2D eigenvalue weighted by Crippen LogP contribution is 2.28. The van der Waals surface area contributed by atoms with E-state index in [1.807, 2.05) is 0 Å². The van der Waals surface area contributed by atoms with Gasteiger partial charge in [-0.15, -0.1) is 10.2 Å². The molecule has 2 aromatic rings. The third-order valence-corrected chi connectivity index (χ3v) is 5.39. The molecule has 1 aromatic heterocycles. The minimum Gasteiger partial charge on any atom is -0.312 e. The van der Waals surface area contributed by atoms with Gasteiger partial charge in [-0.05, 0) is 43.6 Å². The van der Waals surface area contributed by atoms with Gasteiger partial charge in [0.15, 0.2) is 0 Å². The zero-order valence-electron chi connectivity index (χ0n) is 13.2. The number of piperidine rings is 1. The summed E-state index contributed by atoms with van der Waals surface area (Å²) >= 11 is 3.56. The number of aromatic nitrogens is 3. The van der Waals surface area contributed by atoms with Crippen LogP contribution in [0.4, 0.5) is 0 Å². The van der Waals surface area contributed by atoms with Crippen LogP contribution >= 0.6 is 15.9 Å². The quantitative estimate of drug-likeness (QED) is 0.895. The van der Waals surface area contributed by atoms with E-state index in [1.165, 1.54) is 24.2 Å². The monoisotopic (exact) mass is 375 g/mol. The zero-order valence-corrected chi connectivity index (χ0v) is 14.8. The van der Waals surface area contributed by atoms with Crippen LogP contribution in [-0.2, 0) is 19.6 Å². The molecule has 0 bridgehead atoms. The zero-order chi connectivity index (χ0) is 15.6. The molecule has 0 aliphatic carbocycles. The fourth-order valence-electron chi connectivity index (χ4n) is 3.66. The average Bonchev–Trinajstić information content (AvgIpc) is 3.00. The minimum absolute atomic E-state index is 0.563. The van der Waals surface area contributed by atoms with Gasteiger partial charge in [0.1, 0.15) is 11.6 Å². The Morgan fingerprint density at radius 3 is 2.87 bits per heavy atom. The van der Waals surface area contributed by atoms with Gasteiger partial charge in [0.25, 0.3) is 0 Å². The first kappa shape index (κ1) is 15.3. The summed E-state index contributed by atoms with van der Waals surface area (Å²) in [6.45, 7) is 6.20. The first-order chi connectivity index (χ1) is 11.3. The van der Waals surface area contributed by atoms with E-state index in [0.717, 1.165) is 49.6 Å². The van der Waals surface area contributed by atoms with Gasteiger partial charge in [-0.2, -0.15) is 0 Å². The minimum atomic E-state index is 0.563. The summed E-state index contributed by atoms with van der Waals surface area (Å²) in [6.07, 6.45) is 2.36. The molecule has 1 aromatic carbocycles. The molecule has 6 heteroatoms. The maximum atomic E-state index is 4.49. The van der Waals surface area contributed by atoms with Gasteiger partial charge in [-0.1, -0.05) is 28.1 Å². The van der Waals surface area contributed by atoms with Gasteiger partial charge in [-0.3, -0.25) is 4.90 Å². The van der Waals surface area contributed by atoms with Gasteiger partial charge in [0.05, 0.1) is 6.54 Å². The van der Waals surface area contributed by atoms with Crippen LogP contribution in [0.3, 0.4) is 0 Å². The molecule has 3 heterocycles. The van der Waals surface area contributed by atoms with E-state index >= 15 is 0 Å². The predicted octanol–water partition coefficient (Wildman–Crippen LogP) is 2.52. The molecular weight excluding hydrogens is 354 g/mol. The summed E-state index contributed by atoms with van der Waals surface area (Å²) in [5.41, 5.74) is 1.38. The van der Waals surface area contributed by atoms with E-state index in [0.29, 0.717) is 5.92 Å². The van der Waals surface area contributed by atoms with Crippen molar-refractivity contribution in [1.82, 2.24) is 25.0 Å². The van der Waals surface area contributed by atoms with Crippen molar-refractivity contribution < 1.29 is 0 Å². The molecule has 122 valence electrons. The molecule has 0 spiro atoms. The van der Waals surface area contributed by atoms with Gasteiger partial charge < -0.3 is 9.88 Å². The van der Waals surface area contributed by atoms with Crippen molar-refractivity contribution in [3.8, 4) is 0 Å². The van der Waals surface area contributed by atoms with E-state index in [4.69, 9.17) is 0 Å².